The summed E-state index contributed by atoms with van der Waals surface area (Å²) in [4.78, 5) is 26.2. The molecule has 1 fully saturated rings. The highest BCUT2D eigenvalue weighted by atomic mass is 16.2. The van der Waals surface area contributed by atoms with Crippen LogP contribution in [-0.2, 0) is 13.1 Å². The molecule has 8 nitrogen and oxygen atoms in total. The predicted octanol–water partition coefficient (Wildman–Crippen LogP) is 3.19. The van der Waals surface area contributed by atoms with Crippen LogP contribution in [0.4, 0.5) is 10.6 Å². The number of hydrogen-bond donors (Lipinski definition) is 1. The first kappa shape index (κ1) is 21.8. The standard InChI is InChI=1S/C24H31N7O/c1-18(2)23-27-19(3)15-22(28-23)29-11-13-30(14-12-29)24(32)25-16-20-7-4-5-8-21(20)17-31-10-6-9-26-31/h4-10,15,18H,11-14,16-17H2,1-3H3,(H,25,32). The average molecular weight is 434 g/mol. The molecule has 168 valence electrons. The lowest BCUT2D eigenvalue weighted by Gasteiger charge is -2.35. The lowest BCUT2D eigenvalue weighted by molar-refractivity contribution is 0.193. The molecule has 0 spiro atoms. The Hall–Kier alpha value is -3.42. The van der Waals surface area contributed by atoms with Gasteiger partial charge in [0.2, 0.25) is 0 Å². The molecule has 1 saturated heterocycles. The molecule has 4 rings (SSSR count). The van der Waals surface area contributed by atoms with E-state index in [4.69, 9.17) is 4.98 Å². The zero-order valence-corrected chi connectivity index (χ0v) is 19.0. The third-order valence-electron chi connectivity index (χ3n) is 5.71. The van der Waals surface area contributed by atoms with Crippen LogP contribution in [0, 0.1) is 6.92 Å². The second-order valence-corrected chi connectivity index (χ2v) is 8.49. The zero-order valence-electron chi connectivity index (χ0n) is 19.0. The fourth-order valence-electron chi connectivity index (χ4n) is 3.87. The molecule has 1 aromatic carbocycles. The number of urea groups is 1. The van der Waals surface area contributed by atoms with Crippen molar-refractivity contribution in [2.45, 2.75) is 39.8 Å². The van der Waals surface area contributed by atoms with Gasteiger partial charge in [0.1, 0.15) is 11.6 Å². The third-order valence-corrected chi connectivity index (χ3v) is 5.71. The molecule has 1 N–H and O–H groups in total. The Labute approximate surface area is 189 Å². The molecular formula is C24H31N7O. The van der Waals surface area contributed by atoms with Gasteiger partial charge in [-0.15, -0.1) is 0 Å². The Kier molecular flexibility index (Phi) is 6.68. The molecule has 3 aromatic rings. The smallest absolute Gasteiger partial charge is 0.317 e. The number of benzene rings is 1. The summed E-state index contributed by atoms with van der Waals surface area (Å²) in [6, 6.07) is 12.1. The van der Waals surface area contributed by atoms with Crippen molar-refractivity contribution < 1.29 is 4.79 Å². The summed E-state index contributed by atoms with van der Waals surface area (Å²) in [5.41, 5.74) is 3.24. The number of carbonyl (C=O) groups is 1. The Morgan fingerprint density at radius 2 is 1.81 bits per heavy atom. The topological polar surface area (TPSA) is 79.2 Å². The summed E-state index contributed by atoms with van der Waals surface area (Å²) in [7, 11) is 0. The molecule has 1 aliphatic rings. The van der Waals surface area contributed by atoms with E-state index in [1.807, 2.05) is 47.0 Å². The summed E-state index contributed by atoms with van der Waals surface area (Å²) in [6.07, 6.45) is 3.72. The first-order chi connectivity index (χ1) is 15.5. The van der Waals surface area contributed by atoms with Crippen molar-refractivity contribution >= 4 is 11.8 Å². The molecular weight excluding hydrogens is 402 g/mol. The van der Waals surface area contributed by atoms with Crippen LogP contribution in [0.1, 0.15) is 42.4 Å². The Morgan fingerprint density at radius 3 is 2.50 bits per heavy atom. The second-order valence-electron chi connectivity index (χ2n) is 8.49. The molecule has 1 aliphatic heterocycles. The van der Waals surface area contributed by atoms with E-state index in [9.17, 15) is 4.79 Å². The summed E-state index contributed by atoms with van der Waals surface area (Å²) >= 11 is 0. The monoisotopic (exact) mass is 433 g/mol. The van der Waals surface area contributed by atoms with E-state index in [2.05, 4.69) is 46.3 Å². The maximum absolute atomic E-state index is 12.8. The van der Waals surface area contributed by atoms with Gasteiger partial charge in [0, 0.05) is 62.8 Å². The molecule has 0 saturated carbocycles. The maximum atomic E-state index is 12.8. The minimum atomic E-state index is -0.0275. The number of piperazine rings is 1. The van der Waals surface area contributed by atoms with Crippen LogP contribution in [0.5, 0.6) is 0 Å². The highest BCUT2D eigenvalue weighted by molar-refractivity contribution is 5.74. The van der Waals surface area contributed by atoms with Crippen LogP contribution in [0.3, 0.4) is 0 Å². The first-order valence-electron chi connectivity index (χ1n) is 11.2. The van der Waals surface area contributed by atoms with Crippen molar-refractivity contribution in [3.8, 4) is 0 Å². The lowest BCUT2D eigenvalue weighted by atomic mass is 10.1. The molecule has 0 atom stereocenters. The van der Waals surface area contributed by atoms with Crippen LogP contribution < -0.4 is 10.2 Å². The molecule has 2 amide bonds. The van der Waals surface area contributed by atoms with Crippen molar-refractivity contribution in [3.05, 3.63) is 71.4 Å². The fraction of sp³-hybridized carbons (Fsp3) is 0.417. The fourth-order valence-corrected chi connectivity index (χ4v) is 3.87. The number of hydrogen-bond acceptors (Lipinski definition) is 5. The van der Waals surface area contributed by atoms with Gasteiger partial charge in [-0.05, 0) is 24.1 Å². The lowest BCUT2D eigenvalue weighted by Crippen LogP contribution is -2.52. The quantitative estimate of drug-likeness (QED) is 0.646. The van der Waals surface area contributed by atoms with E-state index in [1.54, 1.807) is 6.20 Å². The maximum Gasteiger partial charge on any atom is 0.317 e. The largest absolute Gasteiger partial charge is 0.353 e. The zero-order chi connectivity index (χ0) is 22.5. The number of aryl methyl sites for hydroxylation is 1. The van der Waals surface area contributed by atoms with E-state index in [1.165, 1.54) is 0 Å². The van der Waals surface area contributed by atoms with Gasteiger partial charge in [-0.2, -0.15) is 5.10 Å². The average Bonchev–Trinajstić information content (AvgIpc) is 3.31. The van der Waals surface area contributed by atoms with E-state index in [0.29, 0.717) is 26.2 Å². The summed E-state index contributed by atoms with van der Waals surface area (Å²) in [5.74, 6) is 2.11. The van der Waals surface area contributed by atoms with E-state index in [-0.39, 0.29) is 11.9 Å². The van der Waals surface area contributed by atoms with Gasteiger partial charge in [0.25, 0.3) is 0 Å². The van der Waals surface area contributed by atoms with Gasteiger partial charge >= 0.3 is 6.03 Å². The number of nitrogens with one attached hydrogen (secondary N) is 1. The number of amides is 2. The molecule has 2 aromatic heterocycles. The number of carbonyl (C=O) groups excluding carboxylic acids is 1. The van der Waals surface area contributed by atoms with Crippen molar-refractivity contribution in [3.63, 3.8) is 0 Å². The Bertz CT molecular complexity index is 1040. The van der Waals surface area contributed by atoms with Gasteiger partial charge in [-0.3, -0.25) is 4.68 Å². The molecule has 0 radical (unpaired) electrons. The van der Waals surface area contributed by atoms with Crippen LogP contribution in [0.2, 0.25) is 0 Å². The van der Waals surface area contributed by atoms with Gasteiger partial charge in [-0.25, -0.2) is 14.8 Å². The SMILES string of the molecule is Cc1cc(N2CCN(C(=O)NCc3ccccc3Cn3cccn3)CC2)nc(C(C)C)n1. The second kappa shape index (κ2) is 9.80. The molecule has 0 unspecified atom stereocenters. The van der Waals surface area contributed by atoms with E-state index in [0.717, 1.165) is 41.6 Å². The highest BCUT2D eigenvalue weighted by Gasteiger charge is 2.22. The van der Waals surface area contributed by atoms with E-state index < -0.39 is 0 Å². The molecule has 3 heterocycles. The molecule has 0 bridgehead atoms. The normalized spacial score (nSPS) is 14.1. The Morgan fingerprint density at radius 1 is 1.06 bits per heavy atom. The van der Waals surface area contributed by atoms with Crippen LogP contribution in [-0.4, -0.2) is 56.9 Å². The highest BCUT2D eigenvalue weighted by Crippen LogP contribution is 2.19. The third kappa shape index (κ3) is 5.25. The van der Waals surface area contributed by atoms with Gasteiger partial charge < -0.3 is 15.1 Å². The number of anilines is 1. The number of rotatable bonds is 6. The number of nitrogens with zero attached hydrogens (tertiary/aromatic N) is 6. The summed E-state index contributed by atoms with van der Waals surface area (Å²) < 4.78 is 1.89. The van der Waals surface area contributed by atoms with Gasteiger partial charge in [0.05, 0.1) is 6.54 Å². The van der Waals surface area contributed by atoms with Crippen molar-refractivity contribution in [2.24, 2.45) is 0 Å². The van der Waals surface area contributed by atoms with Gasteiger partial charge in [0.15, 0.2) is 0 Å². The minimum Gasteiger partial charge on any atom is -0.353 e. The van der Waals surface area contributed by atoms with Crippen molar-refractivity contribution in [1.29, 1.82) is 0 Å². The first-order valence-corrected chi connectivity index (χ1v) is 11.2. The molecule has 32 heavy (non-hydrogen) atoms. The molecule has 8 heteroatoms. The number of aromatic nitrogens is 4. The Balaban J connectivity index is 1.32. The predicted molar refractivity (Wildman–Crippen MR) is 125 cm³/mol. The minimum absolute atomic E-state index is 0.0275. The van der Waals surface area contributed by atoms with Gasteiger partial charge in [-0.1, -0.05) is 38.1 Å². The van der Waals surface area contributed by atoms with Crippen molar-refractivity contribution in [1.82, 2.24) is 30.0 Å². The van der Waals surface area contributed by atoms with Crippen LogP contribution >= 0.6 is 0 Å². The van der Waals surface area contributed by atoms with E-state index >= 15 is 0 Å². The summed E-state index contributed by atoms with van der Waals surface area (Å²) in [6.45, 7) is 10.3. The van der Waals surface area contributed by atoms with Crippen LogP contribution in [0.15, 0.2) is 48.8 Å². The van der Waals surface area contributed by atoms with Crippen LogP contribution in [0.25, 0.3) is 0 Å². The van der Waals surface area contributed by atoms with Crippen molar-refractivity contribution in [2.75, 3.05) is 31.1 Å². The molecule has 0 aliphatic carbocycles. The summed E-state index contributed by atoms with van der Waals surface area (Å²) in [5, 5.41) is 7.37.